The molecule has 0 saturated carbocycles. The Labute approximate surface area is 157 Å². The molecule has 0 radical (unpaired) electrons. The molecule has 0 unspecified atom stereocenters. The lowest BCUT2D eigenvalue weighted by Gasteiger charge is -2.09. The number of aromatic hydroxyl groups is 1. The zero-order valence-electron chi connectivity index (χ0n) is 14.6. The van der Waals surface area contributed by atoms with Gasteiger partial charge in [-0.3, -0.25) is 0 Å². The van der Waals surface area contributed by atoms with Gasteiger partial charge in [0.1, 0.15) is 17.4 Å². The molecule has 6 nitrogen and oxygen atoms in total. The van der Waals surface area contributed by atoms with Crippen LogP contribution in [0.1, 0.15) is 5.56 Å². The van der Waals surface area contributed by atoms with Crippen molar-refractivity contribution in [2.24, 2.45) is 0 Å². The van der Waals surface area contributed by atoms with Gasteiger partial charge in [-0.1, -0.05) is 36.4 Å². The Hall–Kier alpha value is -3.67. The van der Waals surface area contributed by atoms with Crippen LogP contribution in [0.25, 0.3) is 10.8 Å². The van der Waals surface area contributed by atoms with Gasteiger partial charge in [0.25, 0.3) is 0 Å². The summed E-state index contributed by atoms with van der Waals surface area (Å²) in [4.78, 5) is 13.2. The number of anilines is 3. The summed E-state index contributed by atoms with van der Waals surface area (Å²) in [6, 6.07) is 19.1. The molecule has 0 aliphatic carbocycles. The van der Waals surface area contributed by atoms with Crippen molar-refractivity contribution in [1.82, 2.24) is 15.0 Å². The first kappa shape index (κ1) is 16.8. The minimum atomic E-state index is 0.278. The van der Waals surface area contributed by atoms with Crippen LogP contribution in [0.5, 0.6) is 5.75 Å². The van der Waals surface area contributed by atoms with Gasteiger partial charge in [-0.25, -0.2) is 9.97 Å². The van der Waals surface area contributed by atoms with E-state index in [1.807, 2.05) is 48.5 Å². The number of aromatic nitrogens is 3. The van der Waals surface area contributed by atoms with Crippen molar-refractivity contribution < 1.29 is 5.11 Å². The van der Waals surface area contributed by atoms with Crippen molar-refractivity contribution in [2.45, 2.75) is 6.42 Å². The van der Waals surface area contributed by atoms with Crippen LogP contribution in [0.2, 0.25) is 0 Å². The Bertz CT molecular complexity index is 1040. The number of benzene rings is 2. The van der Waals surface area contributed by atoms with E-state index in [0.717, 1.165) is 40.9 Å². The number of phenolic OH excluding ortho intramolecular Hbond substituents is 1. The molecule has 0 atom stereocenters. The van der Waals surface area contributed by atoms with Crippen molar-refractivity contribution in [2.75, 3.05) is 17.2 Å². The third-order valence-corrected chi connectivity index (χ3v) is 4.22. The maximum Gasteiger partial charge on any atom is 0.230 e. The minimum Gasteiger partial charge on any atom is -0.508 e. The smallest absolute Gasteiger partial charge is 0.230 e. The second-order valence-corrected chi connectivity index (χ2v) is 6.11. The lowest BCUT2D eigenvalue weighted by Crippen LogP contribution is -2.08. The molecule has 0 spiro atoms. The summed E-state index contributed by atoms with van der Waals surface area (Å²) in [5, 5.41) is 18.0. The summed E-state index contributed by atoms with van der Waals surface area (Å²) in [5.74, 6) is 2.25. The molecule has 2 aromatic carbocycles. The fraction of sp³-hybridized carbons (Fsp3) is 0.0952. The van der Waals surface area contributed by atoms with E-state index >= 15 is 0 Å². The van der Waals surface area contributed by atoms with Gasteiger partial charge < -0.3 is 15.7 Å². The van der Waals surface area contributed by atoms with Crippen LogP contribution in [0.3, 0.4) is 0 Å². The normalized spacial score (nSPS) is 10.7. The quantitative estimate of drug-likeness (QED) is 0.481. The first-order valence-corrected chi connectivity index (χ1v) is 8.73. The molecule has 6 heteroatoms. The predicted molar refractivity (Wildman–Crippen MR) is 107 cm³/mol. The highest BCUT2D eigenvalue weighted by Crippen LogP contribution is 2.22. The zero-order chi connectivity index (χ0) is 18.5. The van der Waals surface area contributed by atoms with E-state index in [0.29, 0.717) is 5.95 Å². The number of nitrogens with zero attached hydrogens (tertiary/aromatic N) is 3. The van der Waals surface area contributed by atoms with Gasteiger partial charge in [0.15, 0.2) is 0 Å². The Kier molecular flexibility index (Phi) is 4.78. The largest absolute Gasteiger partial charge is 0.508 e. The average Bonchev–Trinajstić information content (AvgIpc) is 2.70. The Balaban J connectivity index is 1.43. The van der Waals surface area contributed by atoms with Crippen LogP contribution in [0.4, 0.5) is 17.6 Å². The summed E-state index contributed by atoms with van der Waals surface area (Å²) in [6.45, 7) is 0.730. The number of rotatable bonds is 6. The molecule has 0 saturated heterocycles. The summed E-state index contributed by atoms with van der Waals surface area (Å²) >= 11 is 0. The van der Waals surface area contributed by atoms with Crippen LogP contribution < -0.4 is 10.6 Å². The minimum absolute atomic E-state index is 0.278. The number of fused-ring (bicyclic) bond motifs is 1. The Morgan fingerprint density at radius 3 is 2.56 bits per heavy atom. The van der Waals surface area contributed by atoms with Gasteiger partial charge in [0.05, 0.1) is 0 Å². The molecule has 27 heavy (non-hydrogen) atoms. The lowest BCUT2D eigenvalue weighted by molar-refractivity contribution is 0.475. The van der Waals surface area contributed by atoms with E-state index in [4.69, 9.17) is 0 Å². The van der Waals surface area contributed by atoms with Crippen molar-refractivity contribution in [3.63, 3.8) is 0 Å². The highest BCUT2D eigenvalue weighted by molar-refractivity contribution is 5.92. The van der Waals surface area contributed by atoms with Crippen LogP contribution in [0.15, 0.2) is 73.1 Å². The van der Waals surface area contributed by atoms with E-state index < -0.39 is 0 Å². The van der Waals surface area contributed by atoms with E-state index in [1.165, 1.54) is 0 Å². The first-order chi connectivity index (χ1) is 13.3. The number of phenols is 1. The van der Waals surface area contributed by atoms with Gasteiger partial charge in [-0.2, -0.15) is 4.98 Å². The van der Waals surface area contributed by atoms with Crippen LogP contribution >= 0.6 is 0 Å². The molecule has 134 valence electrons. The Morgan fingerprint density at radius 1 is 0.852 bits per heavy atom. The maximum absolute atomic E-state index is 9.33. The molecular formula is C21H19N5O. The molecule has 4 aromatic rings. The molecule has 2 aromatic heterocycles. The Morgan fingerprint density at radius 2 is 1.67 bits per heavy atom. The van der Waals surface area contributed by atoms with Gasteiger partial charge >= 0.3 is 0 Å². The molecule has 0 bridgehead atoms. The second-order valence-electron chi connectivity index (χ2n) is 6.11. The van der Waals surface area contributed by atoms with Crippen molar-refractivity contribution in [1.29, 1.82) is 0 Å². The summed E-state index contributed by atoms with van der Waals surface area (Å²) in [7, 11) is 0. The molecule has 0 aliphatic rings. The van der Waals surface area contributed by atoms with Crippen molar-refractivity contribution in [3.8, 4) is 5.75 Å². The molecule has 4 rings (SSSR count). The highest BCUT2D eigenvalue weighted by Gasteiger charge is 2.05. The fourth-order valence-corrected chi connectivity index (χ4v) is 2.84. The van der Waals surface area contributed by atoms with Gasteiger partial charge in [0, 0.05) is 24.3 Å². The zero-order valence-corrected chi connectivity index (χ0v) is 14.6. The fourth-order valence-electron chi connectivity index (χ4n) is 2.84. The van der Waals surface area contributed by atoms with Crippen LogP contribution in [0, 0.1) is 0 Å². The number of hydrogen-bond acceptors (Lipinski definition) is 6. The first-order valence-electron chi connectivity index (χ1n) is 8.73. The van der Waals surface area contributed by atoms with Crippen LogP contribution in [-0.4, -0.2) is 26.6 Å². The van der Waals surface area contributed by atoms with Crippen molar-refractivity contribution >= 4 is 28.4 Å². The van der Waals surface area contributed by atoms with Crippen molar-refractivity contribution in [3.05, 3.63) is 78.6 Å². The molecular weight excluding hydrogens is 338 g/mol. The second kappa shape index (κ2) is 7.70. The van der Waals surface area contributed by atoms with Crippen LogP contribution in [-0.2, 0) is 6.42 Å². The number of nitrogens with one attached hydrogen (secondary N) is 2. The molecule has 0 amide bonds. The van der Waals surface area contributed by atoms with E-state index in [-0.39, 0.29) is 5.75 Å². The standard InChI is InChI=1S/C21H19N5O/c27-17-7-5-15(6-8-17)9-12-22-19-11-14-24-21(25-19)26-20-18-4-2-1-3-16(18)10-13-23-20/h1-8,10-11,13-14,27H,9,12H2,(H2,22,23,24,25,26). The van der Waals surface area contributed by atoms with Gasteiger partial charge in [0.2, 0.25) is 5.95 Å². The third-order valence-electron chi connectivity index (χ3n) is 4.22. The van der Waals surface area contributed by atoms with E-state index in [2.05, 4.69) is 25.6 Å². The topological polar surface area (TPSA) is 83.0 Å². The monoisotopic (exact) mass is 357 g/mol. The summed E-state index contributed by atoms with van der Waals surface area (Å²) < 4.78 is 0. The lowest BCUT2D eigenvalue weighted by atomic mass is 10.1. The molecule has 0 fully saturated rings. The summed E-state index contributed by atoms with van der Waals surface area (Å²) in [6.07, 6.45) is 4.31. The molecule has 3 N–H and O–H groups in total. The van der Waals surface area contributed by atoms with E-state index in [9.17, 15) is 5.11 Å². The van der Waals surface area contributed by atoms with E-state index in [1.54, 1.807) is 24.5 Å². The predicted octanol–water partition coefficient (Wildman–Crippen LogP) is 4.13. The molecule has 2 heterocycles. The number of hydrogen-bond donors (Lipinski definition) is 3. The summed E-state index contributed by atoms with van der Waals surface area (Å²) in [5.41, 5.74) is 1.15. The third kappa shape index (κ3) is 4.12. The SMILES string of the molecule is Oc1ccc(CCNc2ccnc(Nc3nccc4ccccc34)n2)cc1. The highest BCUT2D eigenvalue weighted by atomic mass is 16.3. The maximum atomic E-state index is 9.33. The molecule has 0 aliphatic heterocycles. The number of pyridine rings is 1. The van der Waals surface area contributed by atoms with Gasteiger partial charge in [-0.15, -0.1) is 0 Å². The van der Waals surface area contributed by atoms with Gasteiger partial charge in [-0.05, 0) is 41.6 Å². The average molecular weight is 357 g/mol.